The van der Waals surface area contributed by atoms with Gasteiger partial charge < -0.3 is 10.2 Å². The Balaban J connectivity index is 2.92. The molecular formula is C9H14F4O2. The summed E-state index contributed by atoms with van der Waals surface area (Å²) in [7, 11) is 0. The summed E-state index contributed by atoms with van der Waals surface area (Å²) in [5, 5.41) is 17.8. The zero-order valence-electron chi connectivity index (χ0n) is 8.31. The first-order valence-corrected chi connectivity index (χ1v) is 4.81. The Labute approximate surface area is 84.9 Å². The number of hydrogen-bond acceptors (Lipinski definition) is 2. The van der Waals surface area contributed by atoms with Crippen LogP contribution in [-0.2, 0) is 0 Å². The van der Waals surface area contributed by atoms with Gasteiger partial charge in [0.1, 0.15) is 0 Å². The van der Waals surface area contributed by atoms with Crippen molar-refractivity contribution in [3.8, 4) is 0 Å². The molecule has 1 rings (SSSR count). The summed E-state index contributed by atoms with van der Waals surface area (Å²) >= 11 is 0. The van der Waals surface area contributed by atoms with E-state index in [9.17, 15) is 17.6 Å². The summed E-state index contributed by atoms with van der Waals surface area (Å²) in [4.78, 5) is 0. The summed E-state index contributed by atoms with van der Waals surface area (Å²) < 4.78 is 50.6. The molecule has 0 aromatic carbocycles. The van der Waals surface area contributed by atoms with Gasteiger partial charge in [-0.15, -0.1) is 0 Å². The molecule has 0 aliphatic heterocycles. The lowest BCUT2D eigenvalue weighted by atomic mass is 9.82. The van der Waals surface area contributed by atoms with Gasteiger partial charge in [0.25, 0.3) is 5.79 Å². The van der Waals surface area contributed by atoms with Gasteiger partial charge in [-0.3, -0.25) is 0 Å². The molecule has 1 unspecified atom stereocenters. The molecule has 1 atom stereocenters. The summed E-state index contributed by atoms with van der Waals surface area (Å²) in [6, 6.07) is 0. The number of alkyl halides is 4. The van der Waals surface area contributed by atoms with Crippen LogP contribution in [-0.4, -0.2) is 27.8 Å². The highest BCUT2D eigenvalue weighted by molar-refractivity contribution is 4.99. The highest BCUT2D eigenvalue weighted by Gasteiger charge is 2.67. The van der Waals surface area contributed by atoms with E-state index in [2.05, 4.69) is 0 Å². The number of hydrogen-bond donors (Lipinski definition) is 2. The fourth-order valence-electron chi connectivity index (χ4n) is 2.03. The Hall–Kier alpha value is -0.360. The van der Waals surface area contributed by atoms with Crippen LogP contribution < -0.4 is 0 Å². The molecule has 6 heteroatoms. The molecule has 90 valence electrons. The predicted octanol–water partition coefficient (Wildman–Crippen LogP) is 2.15. The highest BCUT2D eigenvalue weighted by atomic mass is 19.4. The Morgan fingerprint density at radius 3 is 1.73 bits per heavy atom. The van der Waals surface area contributed by atoms with Gasteiger partial charge in [0.2, 0.25) is 0 Å². The topological polar surface area (TPSA) is 40.5 Å². The molecule has 0 bridgehead atoms. The number of rotatable bonds is 2. The zero-order valence-corrected chi connectivity index (χ0v) is 8.31. The molecule has 0 spiro atoms. The third kappa shape index (κ3) is 1.97. The Kier molecular flexibility index (Phi) is 3.04. The molecule has 0 aromatic rings. The molecule has 1 aliphatic rings. The van der Waals surface area contributed by atoms with Crippen LogP contribution >= 0.6 is 0 Å². The molecule has 0 radical (unpaired) electrons. The molecule has 2 N–H and O–H groups in total. The summed E-state index contributed by atoms with van der Waals surface area (Å²) in [6.45, 7) is 0.608. The molecule has 1 fully saturated rings. The maximum Gasteiger partial charge on any atom is 0.446 e. The van der Waals surface area contributed by atoms with Crippen molar-refractivity contribution in [2.45, 2.75) is 50.2 Å². The average Bonchev–Trinajstić information content (AvgIpc) is 2.53. The van der Waals surface area contributed by atoms with Crippen LogP contribution in [0.2, 0.25) is 0 Å². The van der Waals surface area contributed by atoms with Gasteiger partial charge >= 0.3 is 6.18 Å². The van der Waals surface area contributed by atoms with Crippen LogP contribution in [0, 0.1) is 5.92 Å². The molecule has 1 saturated carbocycles. The third-order valence-electron chi connectivity index (χ3n) is 3.20. The second-order valence-corrected chi connectivity index (χ2v) is 4.23. The van der Waals surface area contributed by atoms with Crippen molar-refractivity contribution in [3.63, 3.8) is 0 Å². The SMILES string of the molecule is CC(F)(C1CCCC1)C(O)(O)C(F)(F)F. The zero-order chi connectivity index (χ0) is 11.9. The maximum absolute atomic E-state index is 13.8. The molecular weight excluding hydrogens is 216 g/mol. The number of halogens is 4. The highest BCUT2D eigenvalue weighted by Crippen LogP contribution is 2.47. The summed E-state index contributed by atoms with van der Waals surface area (Å²) in [6.07, 6.45) is -3.62. The second-order valence-electron chi connectivity index (χ2n) is 4.23. The molecule has 0 saturated heterocycles. The Morgan fingerprint density at radius 1 is 1.00 bits per heavy atom. The minimum Gasteiger partial charge on any atom is -0.356 e. The largest absolute Gasteiger partial charge is 0.446 e. The van der Waals surface area contributed by atoms with Crippen LogP contribution in [0.5, 0.6) is 0 Å². The molecule has 1 aliphatic carbocycles. The monoisotopic (exact) mass is 230 g/mol. The molecule has 0 heterocycles. The first-order chi connectivity index (χ1) is 6.61. The fourth-order valence-corrected chi connectivity index (χ4v) is 2.03. The molecule has 15 heavy (non-hydrogen) atoms. The van der Waals surface area contributed by atoms with Crippen molar-refractivity contribution in [1.29, 1.82) is 0 Å². The van der Waals surface area contributed by atoms with E-state index in [1.54, 1.807) is 0 Å². The average molecular weight is 230 g/mol. The van der Waals surface area contributed by atoms with Gasteiger partial charge in [-0.1, -0.05) is 12.8 Å². The van der Waals surface area contributed by atoms with E-state index in [4.69, 9.17) is 10.2 Å². The van der Waals surface area contributed by atoms with Crippen molar-refractivity contribution in [2.24, 2.45) is 5.92 Å². The smallest absolute Gasteiger partial charge is 0.356 e. The van der Waals surface area contributed by atoms with E-state index in [0.29, 0.717) is 19.8 Å². The Bertz CT molecular complexity index is 229. The first kappa shape index (κ1) is 12.7. The molecule has 0 amide bonds. The van der Waals surface area contributed by atoms with E-state index in [-0.39, 0.29) is 12.8 Å². The molecule has 0 aromatic heterocycles. The van der Waals surface area contributed by atoms with Gasteiger partial charge in [-0.05, 0) is 25.7 Å². The van der Waals surface area contributed by atoms with E-state index in [0.717, 1.165) is 0 Å². The van der Waals surface area contributed by atoms with Crippen molar-refractivity contribution < 1.29 is 27.8 Å². The summed E-state index contributed by atoms with van der Waals surface area (Å²) in [5.74, 6) is -5.22. The first-order valence-electron chi connectivity index (χ1n) is 4.81. The van der Waals surface area contributed by atoms with Crippen LogP contribution in [0.3, 0.4) is 0 Å². The fraction of sp³-hybridized carbons (Fsp3) is 1.00. The van der Waals surface area contributed by atoms with Crippen molar-refractivity contribution in [2.75, 3.05) is 0 Å². The van der Waals surface area contributed by atoms with Crippen LogP contribution in [0.15, 0.2) is 0 Å². The van der Waals surface area contributed by atoms with Crippen LogP contribution in [0.4, 0.5) is 17.6 Å². The minimum absolute atomic E-state index is 0.256. The lowest BCUT2D eigenvalue weighted by Crippen LogP contribution is -2.62. The number of aliphatic hydroxyl groups is 2. The predicted molar refractivity (Wildman–Crippen MR) is 44.7 cm³/mol. The van der Waals surface area contributed by atoms with E-state index >= 15 is 0 Å². The third-order valence-corrected chi connectivity index (χ3v) is 3.20. The van der Waals surface area contributed by atoms with Crippen LogP contribution in [0.25, 0.3) is 0 Å². The maximum atomic E-state index is 13.8. The standard InChI is InChI=1S/C9H14F4O2/c1-7(10,6-4-2-3-5-6)8(14,15)9(11,12)13/h6,14-15H,2-5H2,1H3. The Morgan fingerprint density at radius 2 is 1.40 bits per heavy atom. The van der Waals surface area contributed by atoms with Gasteiger partial charge in [0.05, 0.1) is 0 Å². The lowest BCUT2D eigenvalue weighted by molar-refractivity contribution is -0.396. The second kappa shape index (κ2) is 3.59. The van der Waals surface area contributed by atoms with Gasteiger partial charge in [-0.25, -0.2) is 4.39 Å². The normalized spacial score (nSPS) is 24.2. The van der Waals surface area contributed by atoms with Crippen molar-refractivity contribution >= 4 is 0 Å². The van der Waals surface area contributed by atoms with Crippen LogP contribution in [0.1, 0.15) is 32.6 Å². The van der Waals surface area contributed by atoms with Gasteiger partial charge in [-0.2, -0.15) is 13.2 Å². The van der Waals surface area contributed by atoms with Crippen molar-refractivity contribution in [1.82, 2.24) is 0 Å². The molecule has 2 nitrogen and oxygen atoms in total. The van der Waals surface area contributed by atoms with Crippen molar-refractivity contribution in [3.05, 3.63) is 0 Å². The minimum atomic E-state index is -5.38. The van der Waals surface area contributed by atoms with Gasteiger partial charge in [0, 0.05) is 0 Å². The quantitative estimate of drug-likeness (QED) is 0.563. The summed E-state index contributed by atoms with van der Waals surface area (Å²) in [5.41, 5.74) is -3.05. The van der Waals surface area contributed by atoms with Gasteiger partial charge in [0.15, 0.2) is 5.67 Å². The van der Waals surface area contributed by atoms with E-state index in [1.165, 1.54) is 0 Å². The van der Waals surface area contributed by atoms with E-state index in [1.807, 2.05) is 0 Å². The lowest BCUT2D eigenvalue weighted by Gasteiger charge is -2.39. The van der Waals surface area contributed by atoms with E-state index < -0.39 is 23.6 Å².